The second-order valence-corrected chi connectivity index (χ2v) is 3.09. The minimum absolute atomic E-state index is 0.604. The number of halogens is 3. The van der Waals surface area contributed by atoms with Crippen LogP contribution < -0.4 is 5.32 Å². The minimum atomic E-state index is -4.71. The van der Waals surface area contributed by atoms with E-state index in [-0.39, 0.29) is 0 Å². The Morgan fingerprint density at radius 1 is 1.56 bits per heavy atom. The standard InChI is InChI=1S/C8H9F3N2O3/c1-13-4(6(14)16-2)3-5(8(9,10)11)12-7(13)15/h3-4H,1-2H3,(H,12,15). The van der Waals surface area contributed by atoms with Crippen molar-refractivity contribution in [1.29, 1.82) is 0 Å². The quantitative estimate of drug-likeness (QED) is 0.681. The summed E-state index contributed by atoms with van der Waals surface area (Å²) in [6.45, 7) is 0. The van der Waals surface area contributed by atoms with E-state index in [1.165, 1.54) is 7.05 Å². The van der Waals surface area contributed by atoms with Crippen LogP contribution in [0.1, 0.15) is 0 Å². The molecule has 16 heavy (non-hydrogen) atoms. The Labute approximate surface area is 88.8 Å². The van der Waals surface area contributed by atoms with Crippen molar-refractivity contribution in [3.8, 4) is 0 Å². The van der Waals surface area contributed by atoms with Gasteiger partial charge in [0.05, 0.1) is 7.11 Å². The van der Waals surface area contributed by atoms with Gasteiger partial charge >= 0.3 is 18.2 Å². The van der Waals surface area contributed by atoms with E-state index in [0.29, 0.717) is 6.08 Å². The number of ether oxygens (including phenoxy) is 1. The van der Waals surface area contributed by atoms with Crippen molar-refractivity contribution in [1.82, 2.24) is 10.2 Å². The van der Waals surface area contributed by atoms with E-state index >= 15 is 0 Å². The molecule has 0 bridgehead atoms. The summed E-state index contributed by atoms with van der Waals surface area (Å²) in [4.78, 5) is 23.1. The maximum absolute atomic E-state index is 12.3. The van der Waals surface area contributed by atoms with Crippen molar-refractivity contribution in [2.24, 2.45) is 0 Å². The summed E-state index contributed by atoms with van der Waals surface area (Å²) in [6.07, 6.45) is -4.10. The Balaban J connectivity index is 3.06. The molecule has 0 aromatic heterocycles. The van der Waals surface area contributed by atoms with Gasteiger partial charge in [0.2, 0.25) is 0 Å². The third kappa shape index (κ3) is 2.26. The molecule has 1 heterocycles. The molecular weight excluding hydrogens is 229 g/mol. The predicted molar refractivity (Wildman–Crippen MR) is 46.2 cm³/mol. The first-order valence-electron chi connectivity index (χ1n) is 4.18. The molecule has 0 spiro atoms. The third-order valence-electron chi connectivity index (χ3n) is 2.05. The molecule has 1 aliphatic heterocycles. The predicted octanol–water partition coefficient (Wildman–Crippen LogP) is 0.629. The normalized spacial score (nSPS) is 21.3. The van der Waals surface area contributed by atoms with Gasteiger partial charge in [0.1, 0.15) is 5.70 Å². The number of carbonyl (C=O) groups excluding carboxylic acids is 2. The molecule has 1 unspecified atom stereocenters. The largest absolute Gasteiger partial charge is 0.467 e. The molecule has 1 atom stereocenters. The highest BCUT2D eigenvalue weighted by Gasteiger charge is 2.41. The van der Waals surface area contributed by atoms with E-state index in [1.54, 1.807) is 5.32 Å². The van der Waals surface area contributed by atoms with Crippen molar-refractivity contribution in [3.05, 3.63) is 11.8 Å². The van der Waals surface area contributed by atoms with Crippen molar-refractivity contribution >= 4 is 12.0 Å². The van der Waals surface area contributed by atoms with Crippen molar-refractivity contribution in [2.45, 2.75) is 12.2 Å². The average molecular weight is 238 g/mol. The van der Waals surface area contributed by atoms with Gasteiger partial charge in [0, 0.05) is 7.05 Å². The number of allylic oxidation sites excluding steroid dienone is 1. The lowest BCUT2D eigenvalue weighted by atomic mass is 10.2. The summed E-state index contributed by atoms with van der Waals surface area (Å²) in [5.74, 6) is -0.931. The van der Waals surface area contributed by atoms with Gasteiger partial charge < -0.3 is 15.0 Å². The summed E-state index contributed by atoms with van der Waals surface area (Å²) in [5.41, 5.74) is -1.26. The summed E-state index contributed by atoms with van der Waals surface area (Å²) < 4.78 is 41.3. The van der Waals surface area contributed by atoms with Crippen LogP contribution >= 0.6 is 0 Å². The highest BCUT2D eigenvalue weighted by atomic mass is 19.4. The number of hydrogen-bond donors (Lipinski definition) is 1. The number of amides is 2. The van der Waals surface area contributed by atoms with Gasteiger partial charge in [-0.25, -0.2) is 9.59 Å². The summed E-state index contributed by atoms with van der Waals surface area (Å²) in [6, 6.07) is -2.37. The van der Waals surface area contributed by atoms with E-state index in [0.717, 1.165) is 12.0 Å². The first-order valence-corrected chi connectivity index (χ1v) is 4.18. The van der Waals surface area contributed by atoms with E-state index in [9.17, 15) is 22.8 Å². The number of nitrogens with zero attached hydrogens (tertiary/aromatic N) is 1. The fourth-order valence-electron chi connectivity index (χ4n) is 1.15. The lowest BCUT2D eigenvalue weighted by Crippen LogP contribution is -2.52. The topological polar surface area (TPSA) is 58.6 Å². The minimum Gasteiger partial charge on any atom is -0.467 e. The van der Waals surface area contributed by atoms with Crippen molar-refractivity contribution < 1.29 is 27.5 Å². The molecule has 1 N–H and O–H groups in total. The second-order valence-electron chi connectivity index (χ2n) is 3.09. The molecule has 5 nitrogen and oxygen atoms in total. The molecule has 1 rings (SSSR count). The number of hydrogen-bond acceptors (Lipinski definition) is 3. The maximum Gasteiger partial charge on any atom is 0.431 e. The number of alkyl halides is 3. The number of esters is 1. The zero-order chi connectivity index (χ0) is 12.5. The number of rotatable bonds is 1. The van der Waals surface area contributed by atoms with E-state index in [2.05, 4.69) is 4.74 Å². The van der Waals surface area contributed by atoms with E-state index < -0.39 is 29.9 Å². The molecule has 90 valence electrons. The van der Waals surface area contributed by atoms with Gasteiger partial charge in [-0.15, -0.1) is 0 Å². The Morgan fingerprint density at radius 3 is 2.56 bits per heavy atom. The Kier molecular flexibility index (Phi) is 3.11. The van der Waals surface area contributed by atoms with Crippen LogP contribution in [0.5, 0.6) is 0 Å². The number of urea groups is 1. The van der Waals surface area contributed by atoms with E-state index in [4.69, 9.17) is 0 Å². The SMILES string of the molecule is COC(=O)C1C=C(C(F)(F)F)NC(=O)N1C. The van der Waals surface area contributed by atoms with Gasteiger partial charge in [0.25, 0.3) is 0 Å². The fourth-order valence-corrected chi connectivity index (χ4v) is 1.15. The monoisotopic (exact) mass is 238 g/mol. The second kappa shape index (κ2) is 4.03. The molecule has 0 saturated carbocycles. The molecule has 1 aliphatic rings. The van der Waals surface area contributed by atoms with Crippen LogP contribution in [0, 0.1) is 0 Å². The van der Waals surface area contributed by atoms with E-state index in [1.807, 2.05) is 0 Å². The van der Waals surface area contributed by atoms with Gasteiger partial charge in [-0.05, 0) is 6.08 Å². The van der Waals surface area contributed by atoms with Crippen LogP contribution in [0.25, 0.3) is 0 Å². The molecule has 8 heteroatoms. The smallest absolute Gasteiger partial charge is 0.431 e. The first-order chi connectivity index (χ1) is 7.27. The number of carbonyl (C=O) groups is 2. The number of methoxy groups -OCH3 is 1. The van der Waals surface area contributed by atoms with Crippen LogP contribution in [0.2, 0.25) is 0 Å². The van der Waals surface area contributed by atoms with Crippen LogP contribution in [-0.4, -0.2) is 43.3 Å². The molecule has 0 saturated heterocycles. The van der Waals surface area contributed by atoms with Gasteiger partial charge in [-0.2, -0.15) is 13.2 Å². The molecule has 0 aliphatic carbocycles. The lowest BCUT2D eigenvalue weighted by Gasteiger charge is -2.30. The highest BCUT2D eigenvalue weighted by Crippen LogP contribution is 2.26. The zero-order valence-corrected chi connectivity index (χ0v) is 8.46. The molecule has 0 aromatic carbocycles. The zero-order valence-electron chi connectivity index (χ0n) is 8.46. The Bertz CT molecular complexity index is 351. The van der Waals surface area contributed by atoms with Crippen molar-refractivity contribution in [3.63, 3.8) is 0 Å². The summed E-state index contributed by atoms with van der Waals surface area (Å²) >= 11 is 0. The maximum atomic E-state index is 12.3. The summed E-state index contributed by atoms with van der Waals surface area (Å²) in [5, 5.41) is 1.63. The molecule has 0 aromatic rings. The molecule has 2 amide bonds. The fraction of sp³-hybridized carbons (Fsp3) is 0.500. The highest BCUT2D eigenvalue weighted by molar-refractivity contribution is 5.88. The van der Waals surface area contributed by atoms with Gasteiger partial charge in [-0.1, -0.05) is 0 Å². The third-order valence-corrected chi connectivity index (χ3v) is 2.05. The number of nitrogens with one attached hydrogen (secondary N) is 1. The molecule has 0 fully saturated rings. The molecule has 0 radical (unpaired) electrons. The average Bonchev–Trinajstić information content (AvgIpc) is 2.19. The van der Waals surface area contributed by atoms with Crippen LogP contribution in [0.4, 0.5) is 18.0 Å². The Hall–Kier alpha value is -1.73. The van der Waals surface area contributed by atoms with Crippen LogP contribution in [-0.2, 0) is 9.53 Å². The molecular formula is C8H9F3N2O3. The van der Waals surface area contributed by atoms with Crippen LogP contribution in [0.15, 0.2) is 11.8 Å². The van der Waals surface area contributed by atoms with Crippen molar-refractivity contribution in [2.75, 3.05) is 14.2 Å². The number of likely N-dealkylation sites (N-methyl/N-ethyl adjacent to an activating group) is 1. The first kappa shape index (κ1) is 12.3. The van der Waals surface area contributed by atoms with Gasteiger partial charge in [-0.3, -0.25) is 0 Å². The lowest BCUT2D eigenvalue weighted by molar-refractivity contribution is -0.144. The summed E-state index contributed by atoms with van der Waals surface area (Å²) in [7, 11) is 2.23. The van der Waals surface area contributed by atoms with Crippen LogP contribution in [0.3, 0.4) is 0 Å². The Morgan fingerprint density at radius 2 is 2.12 bits per heavy atom. The van der Waals surface area contributed by atoms with Gasteiger partial charge in [0.15, 0.2) is 6.04 Å².